The molecule has 3 aliphatic heterocycles. The van der Waals surface area contributed by atoms with E-state index >= 15 is 0 Å². The number of Topliss-reactive ketones (excluding diaryl/α,β-unsaturated/α-hetero) is 1. The number of benzene rings is 2. The number of carbonyl (C=O) groups is 2. The summed E-state index contributed by atoms with van der Waals surface area (Å²) in [5.74, 6) is 0.0866. The van der Waals surface area contributed by atoms with Gasteiger partial charge in [0, 0.05) is 39.2 Å². The fourth-order valence-corrected chi connectivity index (χ4v) is 5.97. The van der Waals surface area contributed by atoms with Crippen molar-refractivity contribution < 1.29 is 23.5 Å². The number of hydrazone groups is 1. The third kappa shape index (κ3) is 5.37. The second kappa shape index (κ2) is 10.6. The largest absolute Gasteiger partial charge is 0.489 e. The molecule has 2 aromatic rings. The van der Waals surface area contributed by atoms with Crippen molar-refractivity contribution >= 4 is 23.3 Å². The van der Waals surface area contributed by atoms with Crippen LogP contribution in [0.15, 0.2) is 53.6 Å². The quantitative estimate of drug-likeness (QED) is 0.536. The van der Waals surface area contributed by atoms with Crippen LogP contribution in [0, 0.1) is 5.82 Å². The van der Waals surface area contributed by atoms with Gasteiger partial charge in [-0.25, -0.2) is 9.18 Å². The number of ketones is 1. The second-order valence-electron chi connectivity index (χ2n) is 11.5. The summed E-state index contributed by atoms with van der Waals surface area (Å²) in [6.45, 7) is 11.1. The first-order valence-electron chi connectivity index (χ1n) is 13.7. The van der Waals surface area contributed by atoms with Crippen LogP contribution in [0.2, 0.25) is 0 Å². The van der Waals surface area contributed by atoms with Gasteiger partial charge in [-0.3, -0.25) is 14.7 Å². The molecule has 0 saturated carbocycles. The highest BCUT2D eigenvalue weighted by Crippen LogP contribution is 2.48. The van der Waals surface area contributed by atoms with Crippen LogP contribution in [0.1, 0.15) is 46.1 Å². The van der Waals surface area contributed by atoms with E-state index in [-0.39, 0.29) is 23.7 Å². The first kappa shape index (κ1) is 27.1. The Bertz CT molecular complexity index is 1250. The van der Waals surface area contributed by atoms with Crippen LogP contribution in [0.5, 0.6) is 5.75 Å². The molecule has 5 rings (SSSR count). The standard InChI is InChI=1S/C30H37FN4O4/c1-21(36)27-30(22-9-6-5-7-10-22,26-20-38-25-12-11-23(31)19-24(25)35(26)32-27)13-8-14-33-15-17-34(18-16-33)28(37)39-29(2,3)4/h5-7,9-12,19,26H,8,13-18,20H2,1-4H3/t26?,30-/m0/s1. The zero-order valence-electron chi connectivity index (χ0n) is 23.2. The molecule has 2 aromatic carbocycles. The molecule has 1 unspecified atom stereocenters. The minimum absolute atomic E-state index is 0.0998. The van der Waals surface area contributed by atoms with Gasteiger partial charge in [0.15, 0.2) is 5.78 Å². The van der Waals surface area contributed by atoms with E-state index in [9.17, 15) is 14.0 Å². The summed E-state index contributed by atoms with van der Waals surface area (Å²) in [4.78, 5) is 29.6. The summed E-state index contributed by atoms with van der Waals surface area (Å²) in [5, 5.41) is 6.62. The van der Waals surface area contributed by atoms with Crippen molar-refractivity contribution in [3.05, 3.63) is 59.9 Å². The summed E-state index contributed by atoms with van der Waals surface area (Å²) in [6.07, 6.45) is 1.22. The molecule has 0 bridgehead atoms. The number of amides is 1. The highest BCUT2D eigenvalue weighted by Gasteiger charge is 2.55. The Morgan fingerprint density at radius 3 is 2.49 bits per heavy atom. The number of hydrogen-bond donors (Lipinski definition) is 0. The normalized spacial score (nSPS) is 23.0. The first-order valence-corrected chi connectivity index (χ1v) is 13.7. The highest BCUT2D eigenvalue weighted by molar-refractivity contribution is 6.43. The van der Waals surface area contributed by atoms with Crippen LogP contribution < -0.4 is 9.75 Å². The Hall–Kier alpha value is -3.46. The summed E-state index contributed by atoms with van der Waals surface area (Å²) < 4.78 is 25.9. The third-order valence-electron chi connectivity index (χ3n) is 7.75. The van der Waals surface area contributed by atoms with E-state index in [1.165, 1.54) is 12.1 Å². The number of halogens is 1. The summed E-state index contributed by atoms with van der Waals surface area (Å²) in [7, 11) is 0. The maximum atomic E-state index is 14.3. The Kier molecular flexibility index (Phi) is 7.37. The van der Waals surface area contributed by atoms with Crippen LogP contribution in [0.3, 0.4) is 0 Å². The molecule has 3 heterocycles. The number of anilines is 1. The molecule has 2 atom stereocenters. The molecule has 0 spiro atoms. The van der Waals surface area contributed by atoms with Crippen molar-refractivity contribution in [1.82, 2.24) is 9.80 Å². The van der Waals surface area contributed by atoms with Gasteiger partial charge in [0.25, 0.3) is 0 Å². The molecule has 0 N–H and O–H groups in total. The van der Waals surface area contributed by atoms with Crippen molar-refractivity contribution in [2.75, 3.05) is 44.3 Å². The molecule has 1 amide bonds. The molecule has 0 radical (unpaired) electrons. The number of hydrogen-bond acceptors (Lipinski definition) is 7. The predicted molar refractivity (Wildman–Crippen MR) is 148 cm³/mol. The van der Waals surface area contributed by atoms with Crippen molar-refractivity contribution in [3.8, 4) is 5.75 Å². The van der Waals surface area contributed by atoms with Crippen molar-refractivity contribution in [2.45, 2.75) is 57.6 Å². The molecule has 0 aromatic heterocycles. The lowest BCUT2D eigenvalue weighted by Crippen LogP contribution is -2.54. The van der Waals surface area contributed by atoms with Gasteiger partial charge < -0.3 is 14.4 Å². The van der Waals surface area contributed by atoms with Gasteiger partial charge in [-0.05, 0) is 57.9 Å². The van der Waals surface area contributed by atoms with Crippen molar-refractivity contribution in [1.29, 1.82) is 0 Å². The summed E-state index contributed by atoms with van der Waals surface area (Å²) in [5.41, 5.74) is 0.815. The van der Waals surface area contributed by atoms with Gasteiger partial charge in [0.2, 0.25) is 0 Å². The average molecular weight is 537 g/mol. The molecular formula is C30H37FN4O4. The van der Waals surface area contributed by atoms with E-state index in [1.54, 1.807) is 22.9 Å². The molecule has 39 heavy (non-hydrogen) atoms. The van der Waals surface area contributed by atoms with Gasteiger partial charge in [0.1, 0.15) is 41.2 Å². The van der Waals surface area contributed by atoms with Crippen LogP contribution in [0.25, 0.3) is 0 Å². The molecule has 3 aliphatic rings. The summed E-state index contributed by atoms with van der Waals surface area (Å²) >= 11 is 0. The number of piperazine rings is 1. The second-order valence-corrected chi connectivity index (χ2v) is 11.5. The Balaban J connectivity index is 1.35. The van der Waals surface area contributed by atoms with E-state index < -0.39 is 11.0 Å². The summed E-state index contributed by atoms with van der Waals surface area (Å²) in [6, 6.07) is 14.1. The lowest BCUT2D eigenvalue weighted by Gasteiger charge is -2.42. The third-order valence-corrected chi connectivity index (χ3v) is 7.75. The molecule has 9 heteroatoms. The maximum Gasteiger partial charge on any atom is 0.410 e. The number of nitrogens with zero attached hydrogens (tertiary/aromatic N) is 4. The highest BCUT2D eigenvalue weighted by atomic mass is 19.1. The van der Waals surface area contributed by atoms with Gasteiger partial charge >= 0.3 is 6.09 Å². The molecule has 1 saturated heterocycles. The van der Waals surface area contributed by atoms with E-state index in [0.717, 1.165) is 31.6 Å². The lowest BCUT2D eigenvalue weighted by molar-refractivity contribution is -0.111. The minimum Gasteiger partial charge on any atom is -0.489 e. The molecular weight excluding hydrogens is 499 g/mol. The number of rotatable bonds is 6. The van der Waals surface area contributed by atoms with Gasteiger partial charge in [-0.1, -0.05) is 30.3 Å². The van der Waals surface area contributed by atoms with Gasteiger partial charge in [0.05, 0.1) is 5.41 Å². The fraction of sp³-hybridized carbons (Fsp3) is 0.500. The number of ether oxygens (including phenoxy) is 2. The molecule has 1 fully saturated rings. The van der Waals surface area contributed by atoms with Crippen molar-refractivity contribution in [2.24, 2.45) is 5.10 Å². The van der Waals surface area contributed by atoms with E-state index in [1.807, 2.05) is 51.1 Å². The van der Waals surface area contributed by atoms with E-state index in [0.29, 0.717) is 43.3 Å². The van der Waals surface area contributed by atoms with E-state index in [4.69, 9.17) is 14.6 Å². The van der Waals surface area contributed by atoms with Crippen molar-refractivity contribution in [3.63, 3.8) is 0 Å². The fourth-order valence-electron chi connectivity index (χ4n) is 5.97. The van der Waals surface area contributed by atoms with Gasteiger partial charge in [-0.15, -0.1) is 0 Å². The zero-order valence-corrected chi connectivity index (χ0v) is 23.2. The zero-order chi connectivity index (χ0) is 27.8. The molecule has 0 aliphatic carbocycles. The number of fused-ring (bicyclic) bond motifs is 3. The Labute approximate surface area is 229 Å². The van der Waals surface area contributed by atoms with Crippen LogP contribution in [0.4, 0.5) is 14.9 Å². The Morgan fingerprint density at radius 2 is 1.82 bits per heavy atom. The van der Waals surface area contributed by atoms with Crippen LogP contribution >= 0.6 is 0 Å². The van der Waals surface area contributed by atoms with Crippen LogP contribution in [-0.4, -0.2) is 78.4 Å². The van der Waals surface area contributed by atoms with Crippen LogP contribution in [-0.2, 0) is 14.9 Å². The number of carbonyl (C=O) groups excluding carboxylic acids is 2. The smallest absolute Gasteiger partial charge is 0.410 e. The molecule has 8 nitrogen and oxygen atoms in total. The lowest BCUT2D eigenvalue weighted by atomic mass is 9.67. The predicted octanol–water partition coefficient (Wildman–Crippen LogP) is 4.62. The Morgan fingerprint density at radius 1 is 1.10 bits per heavy atom. The SMILES string of the molecule is CC(=O)C1=NN2c3cc(F)ccc3OCC2[C@]1(CCCN1CCN(C(=O)OC(C)(C)C)CC1)c1ccccc1. The van der Waals surface area contributed by atoms with E-state index in [2.05, 4.69) is 4.90 Å². The topological polar surface area (TPSA) is 74.7 Å². The first-order chi connectivity index (χ1) is 18.6. The monoisotopic (exact) mass is 536 g/mol. The minimum atomic E-state index is -0.699. The molecule has 208 valence electrons. The average Bonchev–Trinajstić information content (AvgIpc) is 3.25. The maximum absolute atomic E-state index is 14.3. The van der Waals surface area contributed by atoms with Gasteiger partial charge in [-0.2, -0.15) is 5.10 Å².